The number of fused-ring (bicyclic) bond motifs is 1. The van der Waals surface area contributed by atoms with Gasteiger partial charge < -0.3 is 19.3 Å². The molecule has 1 aliphatic rings. The molecule has 8 heteroatoms. The van der Waals surface area contributed by atoms with Crippen LogP contribution in [0.4, 0.5) is 9.18 Å². The van der Waals surface area contributed by atoms with Gasteiger partial charge in [-0.25, -0.2) is 14.2 Å². The van der Waals surface area contributed by atoms with Crippen molar-refractivity contribution in [1.82, 2.24) is 14.8 Å². The van der Waals surface area contributed by atoms with Crippen LogP contribution in [0.25, 0.3) is 22.4 Å². The summed E-state index contributed by atoms with van der Waals surface area (Å²) in [4.78, 5) is 31.5. The van der Waals surface area contributed by atoms with E-state index in [2.05, 4.69) is 4.98 Å². The summed E-state index contributed by atoms with van der Waals surface area (Å²) in [5, 5.41) is 9.07. The van der Waals surface area contributed by atoms with E-state index in [9.17, 15) is 14.0 Å². The Hall–Kier alpha value is -3.42. The molecule has 1 aromatic carbocycles. The zero-order chi connectivity index (χ0) is 21.4. The number of carboxylic acid groups (broad SMARTS) is 1. The van der Waals surface area contributed by atoms with Crippen molar-refractivity contribution in [2.45, 2.75) is 19.8 Å². The second kappa shape index (κ2) is 7.78. The van der Waals surface area contributed by atoms with Crippen LogP contribution in [0.3, 0.4) is 0 Å². The second-order valence-corrected chi connectivity index (χ2v) is 7.65. The number of benzene rings is 1. The Labute approximate surface area is 172 Å². The number of aromatic nitrogens is 1. The number of halogens is 1. The lowest BCUT2D eigenvalue weighted by Gasteiger charge is -2.32. The maximum Gasteiger partial charge on any atom is 0.407 e. The first kappa shape index (κ1) is 19.9. The molecule has 0 bridgehead atoms. The summed E-state index contributed by atoms with van der Waals surface area (Å²) in [5.41, 5.74) is 3.49. The normalized spacial score (nSPS) is 14.5. The zero-order valence-electron chi connectivity index (χ0n) is 16.8. The molecule has 0 radical (unpaired) electrons. The maximum absolute atomic E-state index is 13.3. The van der Waals surface area contributed by atoms with Gasteiger partial charge in [-0.05, 0) is 36.2 Å². The number of furan rings is 1. The molecule has 7 nitrogen and oxygen atoms in total. The zero-order valence-corrected chi connectivity index (χ0v) is 16.8. The molecule has 0 spiro atoms. The summed E-state index contributed by atoms with van der Waals surface area (Å²) in [7, 11) is 0. The molecule has 30 heavy (non-hydrogen) atoms. The molecule has 1 fully saturated rings. The molecule has 0 atom stereocenters. The third-order valence-electron chi connectivity index (χ3n) is 5.32. The fourth-order valence-electron chi connectivity index (χ4n) is 3.61. The standard InChI is InChI=1S/C22H22FN3O4/c1-13(2)16-11-17(14-3-5-15(23)6-4-14)24-18-12-19(30-20(16)18)21(27)25-7-9-26(10-8-25)22(28)29/h3-6,11-13H,7-10H2,1-2H3,(H,28,29). The largest absolute Gasteiger partial charge is 0.465 e. The Morgan fingerprint density at radius 2 is 1.70 bits per heavy atom. The number of carbonyl (C=O) groups is 2. The minimum atomic E-state index is -0.982. The fourth-order valence-corrected chi connectivity index (χ4v) is 3.61. The molecule has 3 aromatic rings. The van der Waals surface area contributed by atoms with E-state index in [1.54, 1.807) is 23.1 Å². The number of carbonyl (C=O) groups excluding carboxylic acids is 1. The van der Waals surface area contributed by atoms with Gasteiger partial charge >= 0.3 is 6.09 Å². The van der Waals surface area contributed by atoms with Crippen LogP contribution in [-0.2, 0) is 0 Å². The van der Waals surface area contributed by atoms with E-state index in [0.29, 0.717) is 29.9 Å². The van der Waals surface area contributed by atoms with E-state index < -0.39 is 6.09 Å². The van der Waals surface area contributed by atoms with Gasteiger partial charge in [-0.2, -0.15) is 0 Å². The van der Waals surface area contributed by atoms with E-state index >= 15 is 0 Å². The Morgan fingerprint density at radius 1 is 1.07 bits per heavy atom. The van der Waals surface area contributed by atoms with E-state index in [1.165, 1.54) is 17.0 Å². The summed E-state index contributed by atoms with van der Waals surface area (Å²) in [5.74, 6) is -0.290. The fraction of sp³-hybridized carbons (Fsp3) is 0.318. The lowest BCUT2D eigenvalue weighted by Crippen LogP contribution is -2.50. The maximum atomic E-state index is 13.3. The van der Waals surface area contributed by atoms with Crippen molar-refractivity contribution in [2.24, 2.45) is 0 Å². The molecular weight excluding hydrogens is 389 g/mol. The van der Waals surface area contributed by atoms with Gasteiger partial charge in [0, 0.05) is 43.4 Å². The van der Waals surface area contributed by atoms with Crippen LogP contribution in [0.2, 0.25) is 0 Å². The summed E-state index contributed by atoms with van der Waals surface area (Å²) >= 11 is 0. The molecule has 2 aromatic heterocycles. The van der Waals surface area contributed by atoms with Crippen molar-refractivity contribution in [3.05, 3.63) is 53.5 Å². The van der Waals surface area contributed by atoms with Crippen LogP contribution < -0.4 is 0 Å². The first-order chi connectivity index (χ1) is 14.3. The Balaban J connectivity index is 1.67. The average molecular weight is 411 g/mol. The third kappa shape index (κ3) is 3.72. The summed E-state index contributed by atoms with van der Waals surface area (Å²) in [6.07, 6.45) is -0.982. The highest BCUT2D eigenvalue weighted by Gasteiger charge is 2.27. The summed E-state index contributed by atoms with van der Waals surface area (Å²) < 4.78 is 19.2. The topological polar surface area (TPSA) is 86.9 Å². The first-order valence-corrected chi connectivity index (χ1v) is 9.81. The van der Waals surface area contributed by atoms with Crippen molar-refractivity contribution < 1.29 is 23.5 Å². The van der Waals surface area contributed by atoms with Crippen LogP contribution in [0.15, 0.2) is 40.8 Å². The molecule has 1 aliphatic heterocycles. The molecule has 1 saturated heterocycles. The van der Waals surface area contributed by atoms with Crippen LogP contribution in [0.5, 0.6) is 0 Å². The number of nitrogens with zero attached hydrogens (tertiary/aromatic N) is 3. The lowest BCUT2D eigenvalue weighted by molar-refractivity contribution is 0.0598. The van der Waals surface area contributed by atoms with E-state index in [-0.39, 0.29) is 36.5 Å². The predicted molar refractivity (Wildman–Crippen MR) is 109 cm³/mol. The number of hydrogen-bond acceptors (Lipinski definition) is 4. The number of pyridine rings is 1. The van der Waals surface area contributed by atoms with Gasteiger partial charge in [0.25, 0.3) is 5.91 Å². The average Bonchev–Trinajstić information content (AvgIpc) is 3.17. The molecule has 156 valence electrons. The monoisotopic (exact) mass is 411 g/mol. The van der Waals surface area contributed by atoms with Gasteiger partial charge in [-0.15, -0.1) is 0 Å². The Bertz CT molecular complexity index is 1100. The molecule has 2 amide bonds. The smallest absolute Gasteiger partial charge is 0.407 e. The first-order valence-electron chi connectivity index (χ1n) is 9.81. The van der Waals surface area contributed by atoms with Gasteiger partial charge in [0.05, 0.1) is 5.69 Å². The molecule has 0 saturated carbocycles. The van der Waals surface area contributed by atoms with Crippen molar-refractivity contribution in [2.75, 3.05) is 26.2 Å². The van der Waals surface area contributed by atoms with Crippen molar-refractivity contribution >= 4 is 23.1 Å². The van der Waals surface area contributed by atoms with Gasteiger partial charge in [-0.1, -0.05) is 13.8 Å². The SMILES string of the molecule is CC(C)c1cc(-c2ccc(F)cc2)nc2cc(C(=O)N3CCN(C(=O)O)CC3)oc12. The van der Waals surface area contributed by atoms with Crippen LogP contribution in [-0.4, -0.2) is 58.1 Å². The van der Waals surface area contributed by atoms with Crippen molar-refractivity contribution in [3.8, 4) is 11.3 Å². The minimum Gasteiger partial charge on any atom is -0.465 e. The van der Waals surface area contributed by atoms with Gasteiger partial charge in [0.15, 0.2) is 11.3 Å². The lowest BCUT2D eigenvalue weighted by atomic mass is 10.00. The quantitative estimate of drug-likeness (QED) is 0.698. The van der Waals surface area contributed by atoms with Crippen molar-refractivity contribution in [1.29, 1.82) is 0 Å². The number of amides is 2. The van der Waals surface area contributed by atoms with Crippen molar-refractivity contribution in [3.63, 3.8) is 0 Å². The van der Waals surface area contributed by atoms with Crippen LogP contribution in [0, 0.1) is 5.82 Å². The summed E-state index contributed by atoms with van der Waals surface area (Å²) in [6, 6.07) is 9.64. The minimum absolute atomic E-state index is 0.128. The highest BCUT2D eigenvalue weighted by molar-refractivity contribution is 5.96. The molecule has 4 rings (SSSR count). The highest BCUT2D eigenvalue weighted by atomic mass is 19.1. The molecule has 1 N–H and O–H groups in total. The summed E-state index contributed by atoms with van der Waals surface area (Å²) in [6.45, 7) is 5.22. The van der Waals surface area contributed by atoms with Gasteiger partial charge in [0.2, 0.25) is 0 Å². The third-order valence-corrected chi connectivity index (χ3v) is 5.32. The van der Waals surface area contributed by atoms with Crippen LogP contribution in [0.1, 0.15) is 35.9 Å². The number of piperazine rings is 1. The molecule has 3 heterocycles. The Morgan fingerprint density at radius 3 is 2.30 bits per heavy atom. The molecule has 0 unspecified atom stereocenters. The molecular formula is C22H22FN3O4. The van der Waals surface area contributed by atoms with Crippen LogP contribution >= 0.6 is 0 Å². The number of rotatable bonds is 3. The predicted octanol–water partition coefficient (Wildman–Crippen LogP) is 4.19. The van der Waals surface area contributed by atoms with E-state index in [4.69, 9.17) is 9.52 Å². The molecule has 0 aliphatic carbocycles. The van der Waals surface area contributed by atoms with E-state index in [1.807, 2.05) is 19.9 Å². The van der Waals surface area contributed by atoms with E-state index in [0.717, 1.165) is 11.1 Å². The number of hydrogen-bond donors (Lipinski definition) is 1. The van der Waals surface area contributed by atoms with Gasteiger partial charge in [0.1, 0.15) is 11.3 Å². The Kier molecular flexibility index (Phi) is 5.15. The second-order valence-electron chi connectivity index (χ2n) is 7.65. The van der Waals surface area contributed by atoms with Gasteiger partial charge in [-0.3, -0.25) is 4.79 Å². The highest BCUT2D eigenvalue weighted by Crippen LogP contribution is 2.32.